The molecule has 0 bridgehead atoms. The first-order chi connectivity index (χ1) is 9.60. The lowest BCUT2D eigenvalue weighted by molar-refractivity contribution is 0.295. The Morgan fingerprint density at radius 3 is 2.65 bits per heavy atom. The maximum Gasteiger partial charge on any atom is 0.167 e. The van der Waals surface area contributed by atoms with Crippen LogP contribution in [0.1, 0.15) is 12.5 Å². The summed E-state index contributed by atoms with van der Waals surface area (Å²) in [5, 5.41) is 0.633. The molecule has 0 atom stereocenters. The second-order valence-corrected chi connectivity index (χ2v) is 4.61. The van der Waals surface area contributed by atoms with Gasteiger partial charge in [0, 0.05) is 17.2 Å². The van der Waals surface area contributed by atoms with Crippen molar-refractivity contribution in [3.05, 3.63) is 52.8 Å². The summed E-state index contributed by atoms with van der Waals surface area (Å²) in [4.78, 5) is 0. The predicted molar refractivity (Wildman–Crippen MR) is 77.8 cm³/mol. The monoisotopic (exact) mass is 295 g/mol. The quantitative estimate of drug-likeness (QED) is 0.847. The highest BCUT2D eigenvalue weighted by Crippen LogP contribution is 2.30. The number of halogens is 2. The van der Waals surface area contributed by atoms with Gasteiger partial charge in [0.15, 0.2) is 11.6 Å². The van der Waals surface area contributed by atoms with Crippen molar-refractivity contribution >= 4 is 17.3 Å². The Labute approximate surface area is 122 Å². The standard InChI is InChI=1S/C15H15ClFNO2/c1-2-19-14-8-15(13(18)7-12(14)17)20-9-10-4-3-5-11(16)6-10/h3-8H,2,9,18H2,1H3. The summed E-state index contributed by atoms with van der Waals surface area (Å²) in [6.07, 6.45) is 0. The van der Waals surface area contributed by atoms with Crippen LogP contribution in [0, 0.1) is 5.82 Å². The zero-order valence-corrected chi connectivity index (χ0v) is 11.8. The highest BCUT2D eigenvalue weighted by molar-refractivity contribution is 6.30. The molecule has 2 aromatic carbocycles. The molecular formula is C15H15ClFNO2. The first-order valence-electron chi connectivity index (χ1n) is 6.19. The summed E-state index contributed by atoms with van der Waals surface area (Å²) in [5.74, 6) is 0.0112. The van der Waals surface area contributed by atoms with Gasteiger partial charge >= 0.3 is 0 Å². The normalized spacial score (nSPS) is 10.3. The van der Waals surface area contributed by atoms with Gasteiger partial charge in [0.05, 0.1) is 12.3 Å². The van der Waals surface area contributed by atoms with Crippen molar-refractivity contribution in [2.45, 2.75) is 13.5 Å². The minimum Gasteiger partial charge on any atom is -0.491 e. The van der Waals surface area contributed by atoms with Gasteiger partial charge in [-0.1, -0.05) is 23.7 Å². The number of nitrogens with two attached hydrogens (primary N) is 1. The third-order valence-electron chi connectivity index (χ3n) is 2.65. The number of benzene rings is 2. The van der Waals surface area contributed by atoms with Crippen molar-refractivity contribution in [2.24, 2.45) is 0 Å². The first kappa shape index (κ1) is 14.5. The molecule has 106 valence electrons. The Balaban J connectivity index is 2.14. The van der Waals surface area contributed by atoms with Crippen molar-refractivity contribution in [1.82, 2.24) is 0 Å². The third-order valence-corrected chi connectivity index (χ3v) is 2.88. The second-order valence-electron chi connectivity index (χ2n) is 4.17. The number of hydrogen-bond donors (Lipinski definition) is 1. The zero-order chi connectivity index (χ0) is 14.5. The fourth-order valence-corrected chi connectivity index (χ4v) is 1.94. The van der Waals surface area contributed by atoms with Crippen molar-refractivity contribution in [3.8, 4) is 11.5 Å². The molecule has 0 heterocycles. The van der Waals surface area contributed by atoms with Crippen molar-refractivity contribution < 1.29 is 13.9 Å². The van der Waals surface area contributed by atoms with E-state index in [-0.39, 0.29) is 11.4 Å². The smallest absolute Gasteiger partial charge is 0.167 e. The molecule has 2 aromatic rings. The number of anilines is 1. The van der Waals surface area contributed by atoms with Gasteiger partial charge in [-0.05, 0) is 24.6 Å². The van der Waals surface area contributed by atoms with Crippen LogP contribution in [0.4, 0.5) is 10.1 Å². The van der Waals surface area contributed by atoms with E-state index in [0.717, 1.165) is 5.56 Å². The molecule has 2 rings (SSSR count). The molecule has 2 N–H and O–H groups in total. The zero-order valence-electron chi connectivity index (χ0n) is 11.0. The van der Waals surface area contributed by atoms with Crippen LogP contribution in [0.3, 0.4) is 0 Å². The summed E-state index contributed by atoms with van der Waals surface area (Å²) in [5.41, 5.74) is 6.87. The molecule has 0 radical (unpaired) electrons. The molecule has 0 fully saturated rings. The van der Waals surface area contributed by atoms with Crippen LogP contribution in [-0.4, -0.2) is 6.61 Å². The van der Waals surface area contributed by atoms with Gasteiger partial charge in [-0.25, -0.2) is 4.39 Å². The number of ether oxygens (including phenoxy) is 2. The Kier molecular flexibility index (Phi) is 4.69. The van der Waals surface area contributed by atoms with Crippen LogP contribution in [-0.2, 0) is 6.61 Å². The van der Waals surface area contributed by atoms with Gasteiger partial charge in [-0.3, -0.25) is 0 Å². The molecule has 0 aliphatic heterocycles. The highest BCUT2D eigenvalue weighted by Gasteiger charge is 2.10. The summed E-state index contributed by atoms with van der Waals surface area (Å²) in [7, 11) is 0. The lowest BCUT2D eigenvalue weighted by atomic mass is 10.2. The van der Waals surface area contributed by atoms with Crippen molar-refractivity contribution in [3.63, 3.8) is 0 Å². The molecule has 0 spiro atoms. The molecule has 0 aromatic heterocycles. The highest BCUT2D eigenvalue weighted by atomic mass is 35.5. The Bertz CT molecular complexity index is 604. The molecule has 0 aliphatic rings. The maximum atomic E-state index is 13.6. The first-order valence-corrected chi connectivity index (χ1v) is 6.57. The van der Waals surface area contributed by atoms with E-state index >= 15 is 0 Å². The number of nitrogen functional groups attached to an aromatic ring is 1. The Hall–Kier alpha value is -1.94. The second kappa shape index (κ2) is 6.48. The lowest BCUT2D eigenvalue weighted by Gasteiger charge is -2.12. The molecule has 0 saturated carbocycles. The van der Waals surface area contributed by atoms with Gasteiger partial charge in [0.1, 0.15) is 12.4 Å². The molecule has 5 heteroatoms. The average molecular weight is 296 g/mol. The molecule has 0 amide bonds. The molecular weight excluding hydrogens is 281 g/mol. The number of rotatable bonds is 5. The SMILES string of the molecule is CCOc1cc(OCc2cccc(Cl)c2)c(N)cc1F. The average Bonchev–Trinajstić information content (AvgIpc) is 2.41. The fourth-order valence-electron chi connectivity index (χ4n) is 1.73. The summed E-state index contributed by atoms with van der Waals surface area (Å²) < 4.78 is 24.3. The molecule has 20 heavy (non-hydrogen) atoms. The van der Waals surface area contributed by atoms with E-state index < -0.39 is 5.82 Å². The van der Waals surface area contributed by atoms with Gasteiger partial charge in [0.25, 0.3) is 0 Å². The Morgan fingerprint density at radius 2 is 1.95 bits per heavy atom. The van der Waals surface area contributed by atoms with Crippen LogP contribution in [0.2, 0.25) is 5.02 Å². The van der Waals surface area contributed by atoms with E-state index in [1.54, 1.807) is 19.1 Å². The van der Waals surface area contributed by atoms with Gasteiger partial charge in [-0.15, -0.1) is 0 Å². The lowest BCUT2D eigenvalue weighted by Crippen LogP contribution is -2.02. The van der Waals surface area contributed by atoms with E-state index in [1.165, 1.54) is 12.1 Å². The summed E-state index contributed by atoms with van der Waals surface area (Å²) in [6.45, 7) is 2.44. The largest absolute Gasteiger partial charge is 0.491 e. The van der Waals surface area contributed by atoms with E-state index in [2.05, 4.69) is 0 Å². The van der Waals surface area contributed by atoms with Gasteiger partial charge < -0.3 is 15.2 Å². The molecule has 0 aliphatic carbocycles. The minimum atomic E-state index is -0.501. The topological polar surface area (TPSA) is 44.5 Å². The van der Waals surface area contributed by atoms with Crippen molar-refractivity contribution in [1.29, 1.82) is 0 Å². The van der Waals surface area contributed by atoms with E-state index in [4.69, 9.17) is 26.8 Å². The fraction of sp³-hybridized carbons (Fsp3) is 0.200. The third kappa shape index (κ3) is 3.54. The van der Waals surface area contributed by atoms with E-state index in [0.29, 0.717) is 24.0 Å². The van der Waals surface area contributed by atoms with Crippen molar-refractivity contribution in [2.75, 3.05) is 12.3 Å². The van der Waals surface area contributed by atoms with Crippen LogP contribution < -0.4 is 15.2 Å². The van der Waals surface area contributed by atoms with E-state index in [9.17, 15) is 4.39 Å². The maximum absolute atomic E-state index is 13.6. The van der Waals surface area contributed by atoms with Crippen LogP contribution in [0.25, 0.3) is 0 Å². The summed E-state index contributed by atoms with van der Waals surface area (Å²) in [6, 6.07) is 9.95. The van der Waals surface area contributed by atoms with Gasteiger partial charge in [0.2, 0.25) is 0 Å². The summed E-state index contributed by atoms with van der Waals surface area (Å²) >= 11 is 5.90. The van der Waals surface area contributed by atoms with Crippen LogP contribution in [0.15, 0.2) is 36.4 Å². The molecule has 3 nitrogen and oxygen atoms in total. The molecule has 0 unspecified atom stereocenters. The van der Waals surface area contributed by atoms with E-state index in [1.807, 2.05) is 12.1 Å². The predicted octanol–water partition coefficient (Wildman–Crippen LogP) is 4.04. The van der Waals surface area contributed by atoms with Gasteiger partial charge in [-0.2, -0.15) is 0 Å². The Morgan fingerprint density at radius 1 is 1.15 bits per heavy atom. The molecule has 0 saturated heterocycles. The van der Waals surface area contributed by atoms with Crippen LogP contribution >= 0.6 is 11.6 Å². The minimum absolute atomic E-state index is 0.128. The van der Waals surface area contributed by atoms with Crippen LogP contribution in [0.5, 0.6) is 11.5 Å². The number of hydrogen-bond acceptors (Lipinski definition) is 3.